The van der Waals surface area contributed by atoms with Crippen LogP contribution < -0.4 is 0 Å². The van der Waals surface area contributed by atoms with E-state index in [0.29, 0.717) is 13.1 Å². The van der Waals surface area contributed by atoms with E-state index in [1.54, 1.807) is 0 Å². The zero-order valence-electron chi connectivity index (χ0n) is 7.94. The van der Waals surface area contributed by atoms with Crippen LogP contribution in [0.15, 0.2) is 0 Å². The molecule has 1 aliphatic heterocycles. The van der Waals surface area contributed by atoms with Gasteiger partial charge in [-0.3, -0.25) is 0 Å². The van der Waals surface area contributed by atoms with Gasteiger partial charge in [-0.1, -0.05) is 12.8 Å². The maximum absolute atomic E-state index is 12.8. The van der Waals surface area contributed by atoms with Gasteiger partial charge in [0.1, 0.15) is 0 Å². The molecule has 0 spiro atoms. The van der Waals surface area contributed by atoms with E-state index in [4.69, 9.17) is 0 Å². The topological polar surface area (TPSA) is 3.24 Å². The van der Waals surface area contributed by atoms with Gasteiger partial charge in [0.05, 0.1) is 0 Å². The Morgan fingerprint density at radius 1 is 1.15 bits per heavy atom. The number of nitrogens with zero attached hydrogens (tertiary/aromatic N) is 1. The van der Waals surface area contributed by atoms with Gasteiger partial charge in [0.15, 0.2) is 0 Å². The lowest BCUT2D eigenvalue weighted by Gasteiger charge is -2.31. The van der Waals surface area contributed by atoms with Crippen molar-refractivity contribution in [3.8, 4) is 0 Å². The highest BCUT2D eigenvalue weighted by molar-refractivity contribution is 4.80. The van der Waals surface area contributed by atoms with E-state index >= 15 is 0 Å². The molecule has 13 heavy (non-hydrogen) atoms. The summed E-state index contributed by atoms with van der Waals surface area (Å²) in [7, 11) is 0. The van der Waals surface area contributed by atoms with Crippen molar-refractivity contribution in [3.05, 3.63) is 0 Å². The van der Waals surface area contributed by atoms with E-state index in [9.17, 15) is 8.78 Å². The second kappa shape index (κ2) is 3.52. The minimum absolute atomic E-state index is 0.0671. The van der Waals surface area contributed by atoms with E-state index < -0.39 is 5.92 Å². The van der Waals surface area contributed by atoms with Gasteiger partial charge in [-0.15, -0.1) is 0 Å². The lowest BCUT2D eigenvalue weighted by atomic mass is 10.1. The number of hydrogen-bond donors (Lipinski definition) is 0. The Bertz CT molecular complexity index is 165. The Morgan fingerprint density at radius 2 is 1.77 bits per heavy atom. The first-order valence-corrected chi connectivity index (χ1v) is 5.26. The summed E-state index contributed by atoms with van der Waals surface area (Å²) in [6.07, 6.45) is 4.09. The molecule has 0 amide bonds. The normalized spacial score (nSPS) is 29.1. The third-order valence-corrected chi connectivity index (χ3v) is 3.14. The number of likely N-dealkylation sites (tertiary alicyclic amines) is 1. The second-order valence-electron chi connectivity index (χ2n) is 4.43. The van der Waals surface area contributed by atoms with Crippen molar-refractivity contribution in [2.45, 2.75) is 38.0 Å². The molecule has 3 heteroatoms. The fourth-order valence-electron chi connectivity index (χ4n) is 1.88. The number of piperidine rings is 1. The van der Waals surface area contributed by atoms with Crippen LogP contribution >= 0.6 is 0 Å². The molecule has 0 aromatic heterocycles. The molecule has 76 valence electrons. The fourth-order valence-corrected chi connectivity index (χ4v) is 1.88. The van der Waals surface area contributed by atoms with Crippen LogP contribution in [0.1, 0.15) is 32.1 Å². The van der Waals surface area contributed by atoms with Crippen LogP contribution in [0.5, 0.6) is 0 Å². The first-order valence-electron chi connectivity index (χ1n) is 5.26. The highest BCUT2D eigenvalue weighted by Gasteiger charge is 2.34. The Kier molecular flexibility index (Phi) is 2.54. The Morgan fingerprint density at radius 3 is 2.31 bits per heavy atom. The van der Waals surface area contributed by atoms with Crippen LogP contribution in [0.3, 0.4) is 0 Å². The van der Waals surface area contributed by atoms with Gasteiger partial charge in [-0.2, -0.15) is 0 Å². The molecule has 0 aromatic rings. The molecule has 0 atom stereocenters. The van der Waals surface area contributed by atoms with Crippen LogP contribution in [0.2, 0.25) is 0 Å². The van der Waals surface area contributed by atoms with E-state index in [1.165, 1.54) is 19.3 Å². The van der Waals surface area contributed by atoms with Crippen molar-refractivity contribution in [1.82, 2.24) is 4.90 Å². The van der Waals surface area contributed by atoms with Gasteiger partial charge < -0.3 is 4.90 Å². The third-order valence-electron chi connectivity index (χ3n) is 3.14. The number of halogens is 2. The van der Waals surface area contributed by atoms with Crippen molar-refractivity contribution >= 4 is 0 Å². The van der Waals surface area contributed by atoms with Gasteiger partial charge >= 0.3 is 0 Å². The van der Waals surface area contributed by atoms with Crippen molar-refractivity contribution in [3.63, 3.8) is 0 Å². The van der Waals surface area contributed by atoms with E-state index in [-0.39, 0.29) is 12.8 Å². The molecule has 2 aliphatic rings. The quantitative estimate of drug-likeness (QED) is 0.659. The van der Waals surface area contributed by atoms with Gasteiger partial charge in [-0.05, 0) is 18.9 Å². The lowest BCUT2D eigenvalue weighted by molar-refractivity contribution is -0.0553. The average molecular weight is 189 g/mol. The number of alkyl halides is 2. The zero-order chi connectivity index (χ0) is 9.31. The zero-order valence-corrected chi connectivity index (χ0v) is 7.94. The highest BCUT2D eigenvalue weighted by Crippen LogP contribution is 2.33. The van der Waals surface area contributed by atoms with Crippen LogP contribution in [0.4, 0.5) is 8.78 Å². The van der Waals surface area contributed by atoms with Crippen LogP contribution in [-0.2, 0) is 0 Å². The Labute approximate surface area is 78.1 Å². The first-order chi connectivity index (χ1) is 6.16. The second-order valence-corrected chi connectivity index (χ2v) is 4.43. The van der Waals surface area contributed by atoms with E-state index in [1.807, 2.05) is 0 Å². The maximum atomic E-state index is 12.8. The Hall–Kier alpha value is -0.180. The van der Waals surface area contributed by atoms with E-state index in [2.05, 4.69) is 4.90 Å². The lowest BCUT2D eigenvalue weighted by Crippen LogP contribution is -2.39. The monoisotopic (exact) mass is 189 g/mol. The summed E-state index contributed by atoms with van der Waals surface area (Å²) in [5.41, 5.74) is 0. The highest BCUT2D eigenvalue weighted by atomic mass is 19.3. The summed E-state index contributed by atoms with van der Waals surface area (Å²) >= 11 is 0. The first kappa shape index (κ1) is 9.38. The van der Waals surface area contributed by atoms with Crippen LogP contribution in [0.25, 0.3) is 0 Å². The molecule has 0 N–H and O–H groups in total. The summed E-state index contributed by atoms with van der Waals surface area (Å²) in [5.74, 6) is -1.46. The molecule has 0 bridgehead atoms. The SMILES string of the molecule is FC1(F)CCN(CCC2CC2)CC1. The molecule has 1 heterocycles. The molecule has 0 aromatic carbocycles. The number of rotatable bonds is 3. The molecule has 1 aliphatic carbocycles. The summed E-state index contributed by atoms with van der Waals surface area (Å²) < 4.78 is 25.5. The molecular formula is C10H17F2N. The van der Waals surface area contributed by atoms with Crippen molar-refractivity contribution in [2.75, 3.05) is 19.6 Å². The van der Waals surface area contributed by atoms with Gasteiger partial charge in [0.25, 0.3) is 5.92 Å². The fraction of sp³-hybridized carbons (Fsp3) is 1.00. The van der Waals surface area contributed by atoms with Crippen molar-refractivity contribution < 1.29 is 8.78 Å². The smallest absolute Gasteiger partial charge is 0.250 e. The van der Waals surface area contributed by atoms with Gasteiger partial charge in [0.2, 0.25) is 0 Å². The molecule has 0 radical (unpaired) electrons. The predicted octanol–water partition coefficient (Wildman–Crippen LogP) is 2.52. The standard InChI is InChI=1S/C10H17F2N/c11-10(12)4-7-13(8-5-10)6-3-9-1-2-9/h9H,1-8H2. The molecule has 1 saturated heterocycles. The van der Waals surface area contributed by atoms with Crippen molar-refractivity contribution in [1.29, 1.82) is 0 Å². The van der Waals surface area contributed by atoms with E-state index in [0.717, 1.165) is 12.5 Å². The van der Waals surface area contributed by atoms with Crippen LogP contribution in [0, 0.1) is 5.92 Å². The minimum Gasteiger partial charge on any atom is -0.303 e. The molecular weight excluding hydrogens is 172 g/mol. The predicted molar refractivity (Wildman–Crippen MR) is 48.0 cm³/mol. The van der Waals surface area contributed by atoms with Crippen LogP contribution in [-0.4, -0.2) is 30.5 Å². The average Bonchev–Trinajstić information content (AvgIpc) is 2.86. The summed E-state index contributed by atoms with van der Waals surface area (Å²) in [5, 5.41) is 0. The molecule has 0 unspecified atom stereocenters. The van der Waals surface area contributed by atoms with Gasteiger partial charge in [0, 0.05) is 25.9 Å². The summed E-state index contributed by atoms with van der Waals surface area (Å²) in [6, 6.07) is 0. The molecule has 1 saturated carbocycles. The molecule has 2 rings (SSSR count). The summed E-state index contributed by atoms with van der Waals surface area (Å²) in [4.78, 5) is 2.19. The van der Waals surface area contributed by atoms with Gasteiger partial charge in [-0.25, -0.2) is 8.78 Å². The molecule has 2 fully saturated rings. The maximum Gasteiger partial charge on any atom is 0.250 e. The summed E-state index contributed by atoms with van der Waals surface area (Å²) in [6.45, 7) is 2.24. The number of hydrogen-bond acceptors (Lipinski definition) is 1. The molecule has 1 nitrogen and oxygen atoms in total. The third kappa shape index (κ3) is 2.90. The largest absolute Gasteiger partial charge is 0.303 e. The Balaban J connectivity index is 1.65. The minimum atomic E-state index is -2.38. The van der Waals surface area contributed by atoms with Crippen molar-refractivity contribution in [2.24, 2.45) is 5.92 Å².